The molecular weight excluding hydrogens is 124 g/mol. The average molecular weight is 136 g/mol. The van der Waals surface area contributed by atoms with E-state index in [-0.39, 0.29) is 0 Å². The molecular formula is C4H12O3Si. The predicted molar refractivity (Wildman–Crippen MR) is 32.4 cm³/mol. The second kappa shape index (κ2) is 2.59. The molecule has 0 fully saturated rings. The van der Waals surface area contributed by atoms with E-state index in [2.05, 4.69) is 4.43 Å². The van der Waals surface area contributed by atoms with Gasteiger partial charge in [-0.15, -0.1) is 0 Å². The van der Waals surface area contributed by atoms with Gasteiger partial charge in [0.1, 0.15) is 0 Å². The molecule has 0 unspecified atom stereocenters. The van der Waals surface area contributed by atoms with Crippen LogP contribution in [-0.4, -0.2) is 24.7 Å². The van der Waals surface area contributed by atoms with Crippen LogP contribution in [0, 0.1) is 0 Å². The van der Waals surface area contributed by atoms with Gasteiger partial charge in [0.15, 0.2) is 0 Å². The first-order valence-electron chi connectivity index (χ1n) is 2.46. The first kappa shape index (κ1) is 8.10. The van der Waals surface area contributed by atoms with Crippen LogP contribution in [0.25, 0.3) is 0 Å². The first-order valence-corrected chi connectivity index (χ1v) is 3.96. The van der Waals surface area contributed by atoms with Gasteiger partial charge in [0.25, 0.3) is 0 Å². The molecule has 8 heavy (non-hydrogen) atoms. The van der Waals surface area contributed by atoms with Crippen LogP contribution in [0.1, 0.15) is 20.8 Å². The molecule has 0 aliphatic carbocycles. The Labute approximate surface area is 50.9 Å². The lowest BCUT2D eigenvalue weighted by Crippen LogP contribution is -2.30. The summed E-state index contributed by atoms with van der Waals surface area (Å²) in [5.41, 5.74) is -0.416. The van der Waals surface area contributed by atoms with Crippen LogP contribution in [0.4, 0.5) is 0 Å². The van der Waals surface area contributed by atoms with Crippen molar-refractivity contribution >= 4 is 9.53 Å². The summed E-state index contributed by atoms with van der Waals surface area (Å²) in [6, 6.07) is 0. The normalized spacial score (nSPS) is 12.8. The maximum Gasteiger partial charge on any atom is 0.479 e. The van der Waals surface area contributed by atoms with Crippen molar-refractivity contribution in [3.8, 4) is 0 Å². The summed E-state index contributed by atoms with van der Waals surface area (Å²) in [6.07, 6.45) is 0. The van der Waals surface area contributed by atoms with Gasteiger partial charge in [-0.25, -0.2) is 0 Å². The van der Waals surface area contributed by atoms with Crippen molar-refractivity contribution < 1.29 is 14.0 Å². The van der Waals surface area contributed by atoms with Crippen LogP contribution in [0.5, 0.6) is 0 Å². The molecule has 0 aliphatic rings. The van der Waals surface area contributed by atoms with Crippen LogP contribution in [-0.2, 0) is 4.43 Å². The first-order chi connectivity index (χ1) is 3.42. The molecule has 0 aliphatic heterocycles. The molecule has 0 aromatic rings. The lowest BCUT2D eigenvalue weighted by molar-refractivity contribution is 0.0651. The van der Waals surface area contributed by atoms with E-state index in [1.165, 1.54) is 0 Å². The third-order valence-corrected chi connectivity index (χ3v) is 1.38. The zero-order valence-electron chi connectivity index (χ0n) is 5.38. The quantitative estimate of drug-likeness (QED) is 0.478. The number of rotatable bonds is 1. The fourth-order valence-corrected chi connectivity index (χ4v) is 0.949. The highest BCUT2D eigenvalue weighted by atomic mass is 28.3. The van der Waals surface area contributed by atoms with Crippen LogP contribution in [0.3, 0.4) is 0 Å². The summed E-state index contributed by atoms with van der Waals surface area (Å²) in [6.45, 7) is 5.33. The van der Waals surface area contributed by atoms with Crippen molar-refractivity contribution in [3.05, 3.63) is 0 Å². The van der Waals surface area contributed by atoms with Gasteiger partial charge in [-0.3, -0.25) is 0 Å². The Bertz CT molecular complexity index is 66.2. The Morgan fingerprint density at radius 2 is 1.62 bits per heavy atom. The molecule has 2 N–H and O–H groups in total. The number of hydrogen-bond donors (Lipinski definition) is 2. The Morgan fingerprint density at radius 3 is 1.62 bits per heavy atom. The predicted octanol–water partition coefficient (Wildman–Crippen LogP) is -0.497. The van der Waals surface area contributed by atoms with Gasteiger partial charge >= 0.3 is 9.53 Å². The van der Waals surface area contributed by atoms with Gasteiger partial charge < -0.3 is 14.0 Å². The van der Waals surface area contributed by atoms with Crippen molar-refractivity contribution in [1.82, 2.24) is 0 Å². The van der Waals surface area contributed by atoms with Gasteiger partial charge in [-0.05, 0) is 20.8 Å². The monoisotopic (exact) mass is 136 g/mol. The van der Waals surface area contributed by atoms with Crippen molar-refractivity contribution in [2.75, 3.05) is 0 Å². The standard InChI is InChI=1S/C4H12O3Si/c1-4(2,3)7-8(5)6/h5-6,8H,1-3H3. The highest BCUT2D eigenvalue weighted by molar-refractivity contribution is 6.32. The van der Waals surface area contributed by atoms with Crippen LogP contribution < -0.4 is 0 Å². The summed E-state index contributed by atoms with van der Waals surface area (Å²) in [7, 11) is -2.80. The topological polar surface area (TPSA) is 49.7 Å². The van der Waals surface area contributed by atoms with E-state index >= 15 is 0 Å². The lowest BCUT2D eigenvalue weighted by Gasteiger charge is -2.19. The average Bonchev–Trinajstić information content (AvgIpc) is 1.21. The van der Waals surface area contributed by atoms with Gasteiger partial charge in [0.2, 0.25) is 0 Å². The third kappa shape index (κ3) is 6.10. The minimum Gasteiger partial charge on any atom is -0.392 e. The van der Waals surface area contributed by atoms with Gasteiger partial charge in [-0.2, -0.15) is 0 Å². The zero-order valence-corrected chi connectivity index (χ0v) is 6.53. The molecule has 0 amide bonds. The van der Waals surface area contributed by atoms with Crippen LogP contribution in [0.15, 0.2) is 0 Å². The molecule has 50 valence electrons. The van der Waals surface area contributed by atoms with Gasteiger partial charge in [0, 0.05) is 0 Å². The Morgan fingerprint density at radius 1 is 1.25 bits per heavy atom. The molecule has 0 aromatic heterocycles. The summed E-state index contributed by atoms with van der Waals surface area (Å²) >= 11 is 0. The molecule has 0 atom stereocenters. The van der Waals surface area contributed by atoms with E-state index in [4.69, 9.17) is 9.59 Å². The van der Waals surface area contributed by atoms with Crippen molar-refractivity contribution in [2.45, 2.75) is 26.4 Å². The van der Waals surface area contributed by atoms with Crippen molar-refractivity contribution in [3.63, 3.8) is 0 Å². The van der Waals surface area contributed by atoms with E-state index < -0.39 is 15.1 Å². The molecule has 4 heteroatoms. The second-order valence-corrected chi connectivity index (χ2v) is 3.44. The molecule has 0 radical (unpaired) electrons. The van der Waals surface area contributed by atoms with E-state index in [0.29, 0.717) is 0 Å². The van der Waals surface area contributed by atoms with E-state index in [0.717, 1.165) is 0 Å². The van der Waals surface area contributed by atoms with E-state index in [9.17, 15) is 0 Å². The summed E-state index contributed by atoms with van der Waals surface area (Å²) in [5.74, 6) is 0. The van der Waals surface area contributed by atoms with Gasteiger partial charge in [0.05, 0.1) is 5.60 Å². The largest absolute Gasteiger partial charge is 0.479 e. The van der Waals surface area contributed by atoms with Crippen molar-refractivity contribution in [2.24, 2.45) is 0 Å². The molecule has 0 rings (SSSR count). The fourth-order valence-electron chi connectivity index (χ4n) is 0.316. The fraction of sp³-hybridized carbons (Fsp3) is 1.00. The lowest BCUT2D eigenvalue weighted by atomic mass is 10.2. The molecule has 0 aromatic carbocycles. The Kier molecular flexibility index (Phi) is 2.62. The summed E-state index contributed by atoms with van der Waals surface area (Å²) in [4.78, 5) is 16.7. The maximum atomic E-state index is 8.36. The molecule has 0 spiro atoms. The minimum atomic E-state index is -2.80. The highest BCUT2D eigenvalue weighted by Crippen LogP contribution is 2.05. The molecule has 0 saturated heterocycles. The second-order valence-electron chi connectivity index (χ2n) is 2.56. The Hall–Kier alpha value is 0.0969. The zero-order chi connectivity index (χ0) is 6.78. The summed E-state index contributed by atoms with van der Waals surface area (Å²) in [5, 5.41) is 0. The molecule has 0 saturated carbocycles. The third-order valence-electron chi connectivity index (χ3n) is 0.459. The molecule has 0 bridgehead atoms. The van der Waals surface area contributed by atoms with E-state index in [1.807, 2.05) is 0 Å². The van der Waals surface area contributed by atoms with Crippen LogP contribution in [0.2, 0.25) is 0 Å². The summed E-state index contributed by atoms with van der Waals surface area (Å²) < 4.78 is 4.69. The van der Waals surface area contributed by atoms with Crippen LogP contribution >= 0.6 is 0 Å². The molecule has 3 nitrogen and oxygen atoms in total. The minimum absolute atomic E-state index is 0.416. The highest BCUT2D eigenvalue weighted by Gasteiger charge is 2.15. The van der Waals surface area contributed by atoms with E-state index in [1.54, 1.807) is 20.8 Å². The molecule has 0 heterocycles. The van der Waals surface area contributed by atoms with Crippen molar-refractivity contribution in [1.29, 1.82) is 0 Å². The van der Waals surface area contributed by atoms with Gasteiger partial charge in [-0.1, -0.05) is 0 Å². The maximum absolute atomic E-state index is 8.36. The number of hydrogen-bond acceptors (Lipinski definition) is 3. The SMILES string of the molecule is CC(C)(C)O[SiH](O)O. The Balaban J connectivity index is 3.39. The smallest absolute Gasteiger partial charge is 0.392 e.